The highest BCUT2D eigenvalue weighted by atomic mass is 35.5. The van der Waals surface area contributed by atoms with Crippen LogP contribution in [0.5, 0.6) is 11.5 Å². The maximum absolute atomic E-state index is 12.1. The Labute approximate surface area is 197 Å². The van der Waals surface area contributed by atoms with Crippen molar-refractivity contribution in [2.75, 3.05) is 26.1 Å². The van der Waals surface area contributed by atoms with Gasteiger partial charge in [-0.1, -0.05) is 23.7 Å². The molecule has 9 nitrogen and oxygen atoms in total. The predicted octanol–water partition coefficient (Wildman–Crippen LogP) is 2.85. The van der Waals surface area contributed by atoms with E-state index >= 15 is 0 Å². The Kier molecular flexibility index (Phi) is 9.68. The fraction of sp³-hybridized carbons (Fsp3) is 0.304. The third kappa shape index (κ3) is 7.80. The lowest BCUT2D eigenvalue weighted by atomic mass is 10.1. The van der Waals surface area contributed by atoms with Crippen molar-refractivity contribution in [3.63, 3.8) is 0 Å². The third-order valence-corrected chi connectivity index (χ3v) is 5.08. The first-order chi connectivity index (χ1) is 15.7. The molecule has 0 aliphatic rings. The molecule has 0 radical (unpaired) electrons. The molecule has 0 fully saturated rings. The molecule has 2 aromatic carbocycles. The molecule has 3 N–H and O–H groups in total. The second kappa shape index (κ2) is 12.4. The highest BCUT2D eigenvalue weighted by Crippen LogP contribution is 2.27. The Hall–Kier alpha value is -3.59. The molecule has 0 bridgehead atoms. The predicted molar refractivity (Wildman–Crippen MR) is 127 cm³/mol. The molecule has 10 heteroatoms. The number of nitrogens with one attached hydrogen (secondary N) is 3. The van der Waals surface area contributed by atoms with Crippen molar-refractivity contribution in [3.8, 4) is 11.5 Å². The van der Waals surface area contributed by atoms with Gasteiger partial charge >= 0.3 is 11.8 Å². The fourth-order valence-electron chi connectivity index (χ4n) is 2.84. The van der Waals surface area contributed by atoms with Crippen LogP contribution in [0.3, 0.4) is 0 Å². The summed E-state index contributed by atoms with van der Waals surface area (Å²) in [6.45, 7) is 3.71. The van der Waals surface area contributed by atoms with Gasteiger partial charge in [-0.2, -0.15) is 5.10 Å². The van der Waals surface area contributed by atoms with Crippen LogP contribution in [-0.4, -0.2) is 44.2 Å². The molecule has 0 heterocycles. The largest absolute Gasteiger partial charge is 0.493 e. The molecule has 0 saturated heterocycles. The van der Waals surface area contributed by atoms with Gasteiger partial charge in [-0.3, -0.25) is 14.4 Å². The van der Waals surface area contributed by atoms with Crippen molar-refractivity contribution < 1.29 is 23.9 Å². The lowest BCUT2D eigenvalue weighted by molar-refractivity contribution is -0.136. The van der Waals surface area contributed by atoms with Crippen LogP contribution in [0.4, 0.5) is 5.69 Å². The second-order valence-corrected chi connectivity index (χ2v) is 7.53. The second-order valence-electron chi connectivity index (χ2n) is 7.12. The number of hydrogen-bond donors (Lipinski definition) is 3. The van der Waals surface area contributed by atoms with E-state index in [-0.39, 0.29) is 12.3 Å². The van der Waals surface area contributed by atoms with Crippen LogP contribution in [0.25, 0.3) is 0 Å². The summed E-state index contributed by atoms with van der Waals surface area (Å²) in [6, 6.07) is 10.5. The van der Waals surface area contributed by atoms with Crippen LogP contribution in [0.1, 0.15) is 24.5 Å². The summed E-state index contributed by atoms with van der Waals surface area (Å²) in [7, 11) is 3.13. The van der Waals surface area contributed by atoms with E-state index in [9.17, 15) is 14.4 Å². The molecule has 0 unspecified atom stereocenters. The topological polar surface area (TPSA) is 118 Å². The molecule has 176 valence electrons. The van der Waals surface area contributed by atoms with Gasteiger partial charge in [-0.15, -0.1) is 0 Å². The van der Waals surface area contributed by atoms with Crippen molar-refractivity contribution in [2.45, 2.75) is 26.7 Å². The van der Waals surface area contributed by atoms with Crippen LogP contribution in [0, 0.1) is 6.92 Å². The highest BCUT2D eigenvalue weighted by Gasteiger charge is 2.15. The van der Waals surface area contributed by atoms with Crippen molar-refractivity contribution in [2.24, 2.45) is 5.10 Å². The molecular weight excluding hydrogens is 448 g/mol. The first-order valence-electron chi connectivity index (χ1n) is 10.1. The third-order valence-electron chi connectivity index (χ3n) is 4.67. The number of anilines is 1. The molecule has 0 aliphatic heterocycles. The lowest BCUT2D eigenvalue weighted by Crippen LogP contribution is -2.33. The zero-order valence-corrected chi connectivity index (χ0v) is 19.7. The van der Waals surface area contributed by atoms with Crippen LogP contribution >= 0.6 is 11.6 Å². The first kappa shape index (κ1) is 25.7. The zero-order chi connectivity index (χ0) is 24.4. The number of carbonyl (C=O) groups is 3. The first-order valence-corrected chi connectivity index (χ1v) is 10.5. The van der Waals surface area contributed by atoms with E-state index in [1.807, 2.05) is 12.1 Å². The van der Waals surface area contributed by atoms with Crippen molar-refractivity contribution >= 4 is 40.7 Å². The Morgan fingerprint density at radius 2 is 1.76 bits per heavy atom. The van der Waals surface area contributed by atoms with Crippen molar-refractivity contribution in [3.05, 3.63) is 52.5 Å². The van der Waals surface area contributed by atoms with E-state index in [0.29, 0.717) is 46.4 Å². The Morgan fingerprint density at radius 3 is 2.45 bits per heavy atom. The molecule has 0 atom stereocenters. The number of benzene rings is 2. The Bertz CT molecular complexity index is 1060. The summed E-state index contributed by atoms with van der Waals surface area (Å²) in [5.74, 6) is -0.853. The van der Waals surface area contributed by atoms with Gasteiger partial charge in [0.2, 0.25) is 5.91 Å². The summed E-state index contributed by atoms with van der Waals surface area (Å²) in [5.41, 5.74) is 4.54. The van der Waals surface area contributed by atoms with E-state index in [0.717, 1.165) is 5.56 Å². The number of methoxy groups -OCH3 is 2. The van der Waals surface area contributed by atoms with E-state index < -0.39 is 11.8 Å². The van der Waals surface area contributed by atoms with E-state index in [1.165, 1.54) is 0 Å². The molecular formula is C23H27ClN4O5. The van der Waals surface area contributed by atoms with Crippen LogP contribution in [-0.2, 0) is 20.8 Å². The number of rotatable bonds is 9. The maximum Gasteiger partial charge on any atom is 0.329 e. The standard InChI is InChI=1S/C23H27ClN4O5/c1-14(27-28-23(31)22(30)26-18-7-5-6-17(24)15(18)2)12-21(29)25-11-10-16-8-9-19(32-3)20(13-16)33-4/h5-9,13H,10-12H2,1-4H3,(H,25,29)(H,26,30)(H,28,31). The number of ether oxygens (including phenoxy) is 2. The van der Waals surface area contributed by atoms with Gasteiger partial charge in [0.1, 0.15) is 0 Å². The monoisotopic (exact) mass is 474 g/mol. The van der Waals surface area contributed by atoms with Gasteiger partial charge in [0.05, 0.1) is 20.6 Å². The van der Waals surface area contributed by atoms with Gasteiger partial charge in [0.15, 0.2) is 11.5 Å². The summed E-state index contributed by atoms with van der Waals surface area (Å²) >= 11 is 6.00. The number of halogens is 1. The summed E-state index contributed by atoms with van der Waals surface area (Å²) in [4.78, 5) is 36.1. The van der Waals surface area contributed by atoms with Gasteiger partial charge in [0.25, 0.3) is 0 Å². The quantitative estimate of drug-likeness (QED) is 0.293. The molecule has 0 aromatic heterocycles. The maximum atomic E-state index is 12.1. The van der Waals surface area contributed by atoms with Gasteiger partial charge < -0.3 is 20.1 Å². The van der Waals surface area contributed by atoms with Gasteiger partial charge in [0, 0.05) is 23.0 Å². The minimum atomic E-state index is -0.956. The number of amides is 3. The summed E-state index contributed by atoms with van der Waals surface area (Å²) in [6.07, 6.45) is 0.573. The molecule has 33 heavy (non-hydrogen) atoms. The van der Waals surface area contributed by atoms with Crippen LogP contribution < -0.4 is 25.5 Å². The van der Waals surface area contributed by atoms with Crippen molar-refractivity contribution in [1.29, 1.82) is 0 Å². The smallest absolute Gasteiger partial charge is 0.329 e. The number of hydrazone groups is 1. The lowest BCUT2D eigenvalue weighted by Gasteiger charge is -2.10. The number of nitrogens with zero attached hydrogens (tertiary/aromatic N) is 1. The van der Waals surface area contributed by atoms with Crippen molar-refractivity contribution in [1.82, 2.24) is 10.7 Å². The molecule has 3 amide bonds. The molecule has 2 aromatic rings. The average Bonchev–Trinajstić information content (AvgIpc) is 2.80. The normalized spacial score (nSPS) is 10.9. The van der Waals surface area contributed by atoms with E-state index in [2.05, 4.69) is 21.2 Å². The summed E-state index contributed by atoms with van der Waals surface area (Å²) in [5, 5.41) is 9.54. The molecule has 0 spiro atoms. The molecule has 0 saturated carbocycles. The zero-order valence-electron chi connectivity index (χ0n) is 19.0. The number of hydrogen-bond acceptors (Lipinski definition) is 6. The highest BCUT2D eigenvalue weighted by molar-refractivity contribution is 6.40. The summed E-state index contributed by atoms with van der Waals surface area (Å²) < 4.78 is 10.5. The molecule has 0 aliphatic carbocycles. The average molecular weight is 475 g/mol. The SMILES string of the molecule is COc1ccc(CCNC(=O)CC(C)=NNC(=O)C(=O)Nc2cccc(Cl)c2C)cc1OC. The van der Waals surface area contributed by atoms with E-state index in [1.54, 1.807) is 52.3 Å². The van der Waals surface area contributed by atoms with E-state index in [4.69, 9.17) is 21.1 Å². The Balaban J connectivity index is 1.78. The number of carbonyl (C=O) groups excluding carboxylic acids is 3. The molecule has 2 rings (SSSR count). The fourth-order valence-corrected chi connectivity index (χ4v) is 3.01. The van der Waals surface area contributed by atoms with Crippen LogP contribution in [0.2, 0.25) is 5.02 Å². The van der Waals surface area contributed by atoms with Gasteiger partial charge in [-0.25, -0.2) is 5.43 Å². The van der Waals surface area contributed by atoms with Gasteiger partial charge in [-0.05, 0) is 55.7 Å². The van der Waals surface area contributed by atoms with Crippen LogP contribution in [0.15, 0.2) is 41.5 Å². The Morgan fingerprint density at radius 1 is 1.03 bits per heavy atom. The minimum absolute atomic E-state index is 0.0266. The minimum Gasteiger partial charge on any atom is -0.493 e.